The normalized spacial score (nSPS) is 22.8. The Morgan fingerprint density at radius 3 is 2.50 bits per heavy atom. The lowest BCUT2D eigenvalue weighted by atomic mass is 10.2. The minimum absolute atomic E-state index is 0.0966. The molecule has 4 amide bonds. The smallest absolute Gasteiger partial charge is 0.329 e. The molecule has 8 nitrogen and oxygen atoms in total. The third-order valence-electron chi connectivity index (χ3n) is 3.87. The molecule has 0 bridgehead atoms. The molecule has 1 saturated heterocycles. The van der Waals surface area contributed by atoms with Crippen LogP contribution < -0.4 is 16.0 Å². The van der Waals surface area contributed by atoms with Crippen LogP contribution in [0.4, 0.5) is 4.79 Å². The van der Waals surface area contributed by atoms with Gasteiger partial charge in [-0.05, 0) is 26.2 Å². The Balaban J connectivity index is 1.72. The number of imide groups is 1. The molecule has 122 valence electrons. The number of amides is 4. The lowest BCUT2D eigenvalue weighted by molar-refractivity contribution is -0.156. The van der Waals surface area contributed by atoms with Crippen LogP contribution in [-0.4, -0.2) is 42.0 Å². The Labute approximate surface area is 128 Å². The molecule has 1 saturated carbocycles. The molecular formula is C14H21N3O5. The fourth-order valence-electron chi connectivity index (χ4n) is 2.61. The maximum Gasteiger partial charge on any atom is 0.329 e. The van der Waals surface area contributed by atoms with Crippen LogP contribution >= 0.6 is 0 Å². The fourth-order valence-corrected chi connectivity index (χ4v) is 2.61. The first-order valence-electron chi connectivity index (χ1n) is 7.57. The predicted molar refractivity (Wildman–Crippen MR) is 75.6 cm³/mol. The predicted octanol–water partition coefficient (Wildman–Crippen LogP) is -0.0349. The molecule has 0 aromatic rings. The average molecular weight is 311 g/mol. The number of rotatable bonds is 4. The van der Waals surface area contributed by atoms with E-state index in [1.165, 1.54) is 6.92 Å². The lowest BCUT2D eigenvalue weighted by Crippen LogP contribution is -2.48. The van der Waals surface area contributed by atoms with Crippen molar-refractivity contribution < 1.29 is 23.9 Å². The summed E-state index contributed by atoms with van der Waals surface area (Å²) in [5, 5.41) is 7.33. The number of ether oxygens (including phenoxy) is 1. The summed E-state index contributed by atoms with van der Waals surface area (Å²) in [6.45, 7) is 1.38. The van der Waals surface area contributed by atoms with Gasteiger partial charge in [-0.2, -0.15) is 0 Å². The molecular weight excluding hydrogens is 290 g/mol. The molecule has 3 N–H and O–H groups in total. The van der Waals surface area contributed by atoms with Crippen molar-refractivity contribution in [2.24, 2.45) is 0 Å². The summed E-state index contributed by atoms with van der Waals surface area (Å²) in [7, 11) is 0. The molecule has 1 aliphatic carbocycles. The van der Waals surface area contributed by atoms with Crippen LogP contribution in [0.25, 0.3) is 0 Å². The zero-order chi connectivity index (χ0) is 16.1. The van der Waals surface area contributed by atoms with E-state index in [0.29, 0.717) is 6.42 Å². The molecule has 1 heterocycles. The fraction of sp³-hybridized carbons (Fsp3) is 0.714. The van der Waals surface area contributed by atoms with Gasteiger partial charge in [0.05, 0.1) is 0 Å². The second-order valence-corrected chi connectivity index (χ2v) is 5.68. The molecule has 0 aromatic heterocycles. The van der Waals surface area contributed by atoms with Gasteiger partial charge in [0, 0.05) is 12.5 Å². The Kier molecular flexibility index (Phi) is 5.35. The van der Waals surface area contributed by atoms with Crippen molar-refractivity contribution >= 4 is 23.8 Å². The zero-order valence-electron chi connectivity index (χ0n) is 12.5. The molecule has 22 heavy (non-hydrogen) atoms. The second kappa shape index (κ2) is 7.24. The first kappa shape index (κ1) is 16.3. The number of hydrogen-bond donors (Lipinski definition) is 3. The van der Waals surface area contributed by atoms with Gasteiger partial charge in [0.15, 0.2) is 6.10 Å². The average Bonchev–Trinajstić information content (AvgIpc) is 3.10. The summed E-state index contributed by atoms with van der Waals surface area (Å²) < 4.78 is 4.97. The van der Waals surface area contributed by atoms with Crippen LogP contribution in [0, 0.1) is 0 Å². The SMILES string of the molecule is C[C@@H](OC(=O)[C@@H]1CCC(=O)N1)C(=O)NC(=O)NC1CCCC1. The van der Waals surface area contributed by atoms with Gasteiger partial charge in [0.2, 0.25) is 5.91 Å². The van der Waals surface area contributed by atoms with E-state index < -0.39 is 30.1 Å². The number of nitrogens with one attached hydrogen (secondary N) is 3. The number of carbonyl (C=O) groups is 4. The third kappa shape index (κ3) is 4.44. The molecule has 0 aromatic carbocycles. The highest BCUT2D eigenvalue weighted by atomic mass is 16.5. The summed E-state index contributed by atoms with van der Waals surface area (Å²) in [6.07, 6.45) is 3.48. The van der Waals surface area contributed by atoms with E-state index in [1.807, 2.05) is 0 Å². The van der Waals surface area contributed by atoms with Crippen LogP contribution in [0.5, 0.6) is 0 Å². The summed E-state index contributed by atoms with van der Waals surface area (Å²) >= 11 is 0. The Bertz CT molecular complexity index is 473. The van der Waals surface area contributed by atoms with Crippen LogP contribution in [0.2, 0.25) is 0 Å². The van der Waals surface area contributed by atoms with Gasteiger partial charge in [-0.3, -0.25) is 14.9 Å². The molecule has 2 fully saturated rings. The summed E-state index contributed by atoms with van der Waals surface area (Å²) in [6, 6.07) is -1.19. The van der Waals surface area contributed by atoms with Gasteiger partial charge >= 0.3 is 12.0 Å². The highest BCUT2D eigenvalue weighted by Crippen LogP contribution is 2.17. The van der Waals surface area contributed by atoms with Crippen molar-refractivity contribution in [1.29, 1.82) is 0 Å². The van der Waals surface area contributed by atoms with Crippen molar-refractivity contribution in [2.75, 3.05) is 0 Å². The Hall–Kier alpha value is -2.12. The molecule has 2 atom stereocenters. The van der Waals surface area contributed by atoms with E-state index in [2.05, 4.69) is 16.0 Å². The van der Waals surface area contributed by atoms with E-state index in [4.69, 9.17) is 4.74 Å². The molecule has 2 aliphatic rings. The maximum absolute atomic E-state index is 11.8. The minimum atomic E-state index is -1.10. The lowest BCUT2D eigenvalue weighted by Gasteiger charge is -2.17. The van der Waals surface area contributed by atoms with Crippen molar-refractivity contribution in [2.45, 2.75) is 63.6 Å². The first-order chi connectivity index (χ1) is 10.5. The van der Waals surface area contributed by atoms with Crippen molar-refractivity contribution in [3.05, 3.63) is 0 Å². The van der Waals surface area contributed by atoms with Crippen molar-refractivity contribution in [3.63, 3.8) is 0 Å². The molecule has 8 heteroatoms. The number of carbonyl (C=O) groups excluding carboxylic acids is 4. The highest BCUT2D eigenvalue weighted by Gasteiger charge is 2.31. The van der Waals surface area contributed by atoms with E-state index in [-0.39, 0.29) is 18.4 Å². The van der Waals surface area contributed by atoms with Crippen LogP contribution in [0.15, 0.2) is 0 Å². The third-order valence-corrected chi connectivity index (χ3v) is 3.87. The number of esters is 1. The van der Waals surface area contributed by atoms with E-state index in [9.17, 15) is 19.2 Å². The summed E-state index contributed by atoms with van der Waals surface area (Å²) in [4.78, 5) is 46.3. The minimum Gasteiger partial charge on any atom is -0.451 e. The molecule has 2 rings (SSSR count). The van der Waals surface area contributed by atoms with Gasteiger partial charge in [0.1, 0.15) is 6.04 Å². The van der Waals surface area contributed by atoms with Crippen LogP contribution in [0.1, 0.15) is 45.4 Å². The van der Waals surface area contributed by atoms with Gasteiger partial charge in [-0.15, -0.1) is 0 Å². The quantitative estimate of drug-likeness (QED) is 0.631. The summed E-state index contributed by atoms with van der Waals surface area (Å²) in [5.41, 5.74) is 0. The van der Waals surface area contributed by atoms with Gasteiger partial charge in [-0.1, -0.05) is 12.8 Å². The van der Waals surface area contributed by atoms with Gasteiger partial charge in [-0.25, -0.2) is 9.59 Å². The van der Waals surface area contributed by atoms with E-state index in [0.717, 1.165) is 25.7 Å². The first-order valence-corrected chi connectivity index (χ1v) is 7.57. The van der Waals surface area contributed by atoms with E-state index >= 15 is 0 Å². The highest BCUT2D eigenvalue weighted by molar-refractivity contribution is 5.97. The van der Waals surface area contributed by atoms with Gasteiger partial charge in [0.25, 0.3) is 5.91 Å². The summed E-state index contributed by atoms with van der Waals surface area (Å²) in [5.74, 6) is -1.56. The molecule has 0 radical (unpaired) electrons. The number of hydrogen-bond acceptors (Lipinski definition) is 5. The molecule has 1 aliphatic heterocycles. The maximum atomic E-state index is 11.8. The van der Waals surface area contributed by atoms with Crippen LogP contribution in [-0.2, 0) is 19.1 Å². The van der Waals surface area contributed by atoms with Crippen LogP contribution in [0.3, 0.4) is 0 Å². The topological polar surface area (TPSA) is 114 Å². The monoisotopic (exact) mass is 311 g/mol. The second-order valence-electron chi connectivity index (χ2n) is 5.68. The van der Waals surface area contributed by atoms with Crippen molar-refractivity contribution in [1.82, 2.24) is 16.0 Å². The molecule has 0 unspecified atom stereocenters. The Morgan fingerprint density at radius 2 is 1.91 bits per heavy atom. The largest absolute Gasteiger partial charge is 0.451 e. The number of urea groups is 1. The van der Waals surface area contributed by atoms with Crippen molar-refractivity contribution in [3.8, 4) is 0 Å². The zero-order valence-corrected chi connectivity index (χ0v) is 12.5. The van der Waals surface area contributed by atoms with Gasteiger partial charge < -0.3 is 15.4 Å². The Morgan fingerprint density at radius 1 is 1.23 bits per heavy atom. The van der Waals surface area contributed by atoms with E-state index in [1.54, 1.807) is 0 Å². The molecule has 0 spiro atoms. The standard InChI is InChI=1S/C14H21N3O5/c1-8(22-13(20)10-6-7-11(18)16-10)12(19)17-14(21)15-9-4-2-3-5-9/h8-10H,2-7H2,1H3,(H,16,18)(H2,15,17,19,21)/t8-,10+/m1/s1.